The molecule has 1 saturated heterocycles. The first-order valence-corrected chi connectivity index (χ1v) is 9.65. The topological polar surface area (TPSA) is 41.6 Å². The third-order valence-electron chi connectivity index (χ3n) is 4.72. The van der Waals surface area contributed by atoms with Crippen molar-refractivity contribution in [2.45, 2.75) is 38.3 Å². The second kappa shape index (κ2) is 8.73. The summed E-state index contributed by atoms with van der Waals surface area (Å²) in [7, 11) is 0. The number of carbonyl (C=O) groups excluding carboxylic acids is 1. The molecule has 3 rings (SSSR count). The highest BCUT2D eigenvalue weighted by Crippen LogP contribution is 2.36. The van der Waals surface area contributed by atoms with Gasteiger partial charge in [0.2, 0.25) is 5.91 Å². The smallest absolute Gasteiger partial charge is 0.373 e. The second-order valence-electron chi connectivity index (χ2n) is 7.21. The van der Waals surface area contributed by atoms with E-state index in [1.807, 2.05) is 49.1 Å². The number of anilines is 1. The van der Waals surface area contributed by atoms with Crippen LogP contribution in [0.5, 0.6) is 0 Å². The first-order chi connectivity index (χ1) is 13.6. The van der Waals surface area contributed by atoms with E-state index in [0.717, 1.165) is 17.7 Å². The quantitative estimate of drug-likeness (QED) is 0.735. The molecule has 4 nitrogen and oxygen atoms in total. The zero-order valence-corrected chi connectivity index (χ0v) is 16.8. The lowest BCUT2D eigenvalue weighted by atomic mass is 10.0. The number of rotatable bonds is 4. The molecule has 0 spiro atoms. The third-order valence-corrected chi connectivity index (χ3v) is 5.05. The van der Waals surface area contributed by atoms with E-state index in [9.17, 15) is 18.0 Å². The van der Waals surface area contributed by atoms with E-state index in [-0.39, 0.29) is 17.9 Å². The fraction of sp³-hybridized carbons (Fsp3) is 0.381. The third kappa shape index (κ3) is 5.29. The number of hydrogen-bond donors (Lipinski definition) is 1. The molecule has 2 aromatic rings. The minimum Gasteiger partial charge on any atom is -0.373 e. The van der Waals surface area contributed by atoms with Crippen LogP contribution in [-0.2, 0) is 15.7 Å². The van der Waals surface area contributed by atoms with Crippen LogP contribution in [0.3, 0.4) is 0 Å². The van der Waals surface area contributed by atoms with Crippen LogP contribution in [0.15, 0.2) is 48.5 Å². The van der Waals surface area contributed by atoms with E-state index in [1.54, 1.807) is 0 Å². The minimum atomic E-state index is -4.61. The predicted octanol–water partition coefficient (Wildman–Crippen LogP) is 5.15. The van der Waals surface area contributed by atoms with Gasteiger partial charge in [-0.3, -0.25) is 9.69 Å². The zero-order chi connectivity index (χ0) is 21.2. The van der Waals surface area contributed by atoms with Crippen molar-refractivity contribution in [1.82, 2.24) is 4.90 Å². The lowest BCUT2D eigenvalue weighted by Gasteiger charge is -2.39. The van der Waals surface area contributed by atoms with E-state index in [2.05, 4.69) is 5.32 Å². The van der Waals surface area contributed by atoms with E-state index < -0.39 is 28.7 Å². The molecule has 3 unspecified atom stereocenters. The summed E-state index contributed by atoms with van der Waals surface area (Å²) >= 11 is 5.67. The number of amides is 1. The number of nitrogens with one attached hydrogen (secondary N) is 1. The number of carbonyl (C=O) groups is 1. The molecule has 1 N–H and O–H groups in total. The Morgan fingerprint density at radius 1 is 1.14 bits per heavy atom. The number of alkyl halides is 3. The van der Waals surface area contributed by atoms with Crippen LogP contribution in [0.2, 0.25) is 5.02 Å². The summed E-state index contributed by atoms with van der Waals surface area (Å²) < 4.78 is 45.2. The molecule has 0 saturated carbocycles. The van der Waals surface area contributed by atoms with Crippen LogP contribution in [0.1, 0.15) is 31.0 Å². The predicted molar refractivity (Wildman–Crippen MR) is 106 cm³/mol. The molecule has 1 fully saturated rings. The van der Waals surface area contributed by atoms with Gasteiger partial charge in [0.25, 0.3) is 0 Å². The van der Waals surface area contributed by atoms with Gasteiger partial charge in [0.1, 0.15) is 6.04 Å². The standard InChI is InChI=1S/C21H22ClF3N2O2/c1-13-11-27(12-14(2)29-13)19(15-6-4-3-5-7-15)20(28)26-16-8-9-18(22)17(10-16)21(23,24)25/h3-10,13-14,19H,11-12H2,1-2H3,(H,26,28). The number of nitrogens with zero attached hydrogens (tertiary/aromatic N) is 1. The van der Waals surface area contributed by atoms with Gasteiger partial charge >= 0.3 is 6.18 Å². The molecule has 156 valence electrons. The molecule has 0 radical (unpaired) electrons. The minimum absolute atomic E-state index is 0.0435. The maximum atomic E-state index is 13.2. The molecular weight excluding hydrogens is 405 g/mol. The number of morpholine rings is 1. The highest BCUT2D eigenvalue weighted by Gasteiger charge is 2.35. The summed E-state index contributed by atoms with van der Waals surface area (Å²) in [4.78, 5) is 15.2. The second-order valence-corrected chi connectivity index (χ2v) is 7.61. The summed E-state index contributed by atoms with van der Waals surface area (Å²) in [5, 5.41) is 2.22. The Hall–Kier alpha value is -2.09. The average molecular weight is 427 g/mol. The maximum Gasteiger partial charge on any atom is 0.417 e. The average Bonchev–Trinajstić information content (AvgIpc) is 2.63. The fourth-order valence-electron chi connectivity index (χ4n) is 3.62. The van der Waals surface area contributed by atoms with Crippen molar-refractivity contribution in [3.05, 3.63) is 64.7 Å². The first kappa shape index (κ1) is 21.6. The SMILES string of the molecule is CC1CN(C(C(=O)Nc2ccc(Cl)c(C(F)(F)F)c2)c2ccccc2)CC(C)O1. The molecule has 1 heterocycles. The van der Waals surface area contributed by atoms with Gasteiger partial charge in [0, 0.05) is 18.8 Å². The van der Waals surface area contributed by atoms with Gasteiger partial charge in [-0.05, 0) is 37.6 Å². The van der Waals surface area contributed by atoms with Gasteiger partial charge in [-0.2, -0.15) is 13.2 Å². The summed E-state index contributed by atoms with van der Waals surface area (Å²) in [5.41, 5.74) is -0.180. The van der Waals surface area contributed by atoms with Gasteiger partial charge in [-0.15, -0.1) is 0 Å². The highest BCUT2D eigenvalue weighted by atomic mass is 35.5. The van der Waals surface area contributed by atoms with Crippen LogP contribution in [0, 0.1) is 0 Å². The summed E-state index contributed by atoms with van der Waals surface area (Å²) in [6.07, 6.45) is -4.73. The van der Waals surface area contributed by atoms with Gasteiger partial charge in [0.15, 0.2) is 0 Å². The molecule has 8 heteroatoms. The Labute approximate surface area is 172 Å². The molecular formula is C21H22ClF3N2O2. The fourth-order valence-corrected chi connectivity index (χ4v) is 3.85. The van der Waals surface area contributed by atoms with Crippen molar-refractivity contribution in [2.24, 2.45) is 0 Å². The van der Waals surface area contributed by atoms with Gasteiger partial charge in [0.05, 0.1) is 22.8 Å². The molecule has 0 aliphatic carbocycles. The number of hydrogen-bond acceptors (Lipinski definition) is 3. The molecule has 0 bridgehead atoms. The number of benzene rings is 2. The van der Waals surface area contributed by atoms with Gasteiger partial charge in [-0.1, -0.05) is 41.9 Å². The Kier molecular flexibility index (Phi) is 6.51. The summed E-state index contributed by atoms with van der Waals surface area (Å²) in [6.45, 7) is 4.92. The van der Waals surface area contributed by atoms with Crippen LogP contribution < -0.4 is 5.32 Å². The van der Waals surface area contributed by atoms with Crippen molar-refractivity contribution in [3.8, 4) is 0 Å². The van der Waals surface area contributed by atoms with E-state index in [0.29, 0.717) is 13.1 Å². The molecule has 1 aliphatic rings. The lowest BCUT2D eigenvalue weighted by molar-refractivity contribution is -0.137. The van der Waals surface area contributed by atoms with Crippen molar-refractivity contribution in [2.75, 3.05) is 18.4 Å². The van der Waals surface area contributed by atoms with Crippen molar-refractivity contribution >= 4 is 23.2 Å². The van der Waals surface area contributed by atoms with E-state index in [1.165, 1.54) is 6.07 Å². The van der Waals surface area contributed by atoms with Crippen LogP contribution >= 0.6 is 11.6 Å². The Morgan fingerprint density at radius 2 is 1.76 bits per heavy atom. The van der Waals surface area contributed by atoms with Crippen LogP contribution in [-0.4, -0.2) is 36.1 Å². The first-order valence-electron chi connectivity index (χ1n) is 9.27. The molecule has 2 aromatic carbocycles. The highest BCUT2D eigenvalue weighted by molar-refractivity contribution is 6.31. The summed E-state index contributed by atoms with van der Waals surface area (Å²) in [5.74, 6) is -0.409. The Balaban J connectivity index is 1.90. The molecule has 0 aromatic heterocycles. The largest absolute Gasteiger partial charge is 0.417 e. The Morgan fingerprint density at radius 3 is 2.34 bits per heavy atom. The molecule has 3 atom stereocenters. The van der Waals surface area contributed by atoms with Crippen LogP contribution in [0.4, 0.5) is 18.9 Å². The monoisotopic (exact) mass is 426 g/mol. The zero-order valence-electron chi connectivity index (χ0n) is 16.0. The van der Waals surface area contributed by atoms with Crippen molar-refractivity contribution in [3.63, 3.8) is 0 Å². The van der Waals surface area contributed by atoms with Crippen molar-refractivity contribution < 1.29 is 22.7 Å². The maximum absolute atomic E-state index is 13.2. The molecule has 1 aliphatic heterocycles. The molecule has 29 heavy (non-hydrogen) atoms. The lowest BCUT2D eigenvalue weighted by Crippen LogP contribution is -2.49. The van der Waals surface area contributed by atoms with E-state index in [4.69, 9.17) is 16.3 Å². The number of ether oxygens (including phenoxy) is 1. The van der Waals surface area contributed by atoms with Crippen LogP contribution in [0.25, 0.3) is 0 Å². The van der Waals surface area contributed by atoms with E-state index >= 15 is 0 Å². The normalized spacial score (nSPS) is 21.6. The Bertz CT molecular complexity index is 851. The molecule has 1 amide bonds. The number of halogens is 4. The van der Waals surface area contributed by atoms with Crippen molar-refractivity contribution in [1.29, 1.82) is 0 Å². The van der Waals surface area contributed by atoms with Gasteiger partial charge < -0.3 is 10.1 Å². The van der Waals surface area contributed by atoms with Gasteiger partial charge in [-0.25, -0.2) is 0 Å². The summed E-state index contributed by atoms with van der Waals surface area (Å²) in [6, 6.07) is 11.9.